The highest BCUT2D eigenvalue weighted by molar-refractivity contribution is 7.08. The number of methoxy groups -OCH3 is 3. The summed E-state index contributed by atoms with van der Waals surface area (Å²) in [4.78, 5) is 0. The van der Waals surface area contributed by atoms with Gasteiger partial charge in [0.25, 0.3) is 0 Å². The lowest BCUT2D eigenvalue weighted by Gasteiger charge is -2.18. The fraction of sp³-hybridized carbons (Fsp3) is 0.286. The van der Waals surface area contributed by atoms with Gasteiger partial charge in [0.1, 0.15) is 5.75 Å². The van der Waals surface area contributed by atoms with Crippen LogP contribution in [0.5, 0.6) is 17.2 Å². The smallest absolute Gasteiger partial charge is 0.164 e. The Bertz CT molecular complexity index is 546. The Morgan fingerprint density at radius 2 is 1.60 bits per heavy atom. The molecular weight excluding hydrogens is 298 g/mol. The molecule has 0 fully saturated rings. The second-order valence-corrected chi connectivity index (χ2v) is 4.76. The lowest BCUT2D eigenvalue weighted by atomic mass is 10.0. The molecular formula is C14H18ClNO3S. The maximum Gasteiger partial charge on any atom is 0.164 e. The van der Waals surface area contributed by atoms with Gasteiger partial charge in [-0.2, -0.15) is 11.3 Å². The predicted octanol–water partition coefficient (Wildman–Crippen LogP) is 3.24. The summed E-state index contributed by atoms with van der Waals surface area (Å²) in [6.45, 7) is 0. The van der Waals surface area contributed by atoms with Crippen molar-refractivity contribution < 1.29 is 14.2 Å². The first kappa shape index (κ1) is 16.6. The van der Waals surface area contributed by atoms with Crippen LogP contribution < -0.4 is 19.9 Å². The molecule has 1 heterocycles. The van der Waals surface area contributed by atoms with Gasteiger partial charge in [0.05, 0.1) is 27.4 Å². The summed E-state index contributed by atoms with van der Waals surface area (Å²) in [7, 11) is 4.81. The predicted molar refractivity (Wildman–Crippen MR) is 83.7 cm³/mol. The molecule has 110 valence electrons. The van der Waals surface area contributed by atoms with Crippen molar-refractivity contribution in [3.05, 3.63) is 40.1 Å². The summed E-state index contributed by atoms with van der Waals surface area (Å²) < 4.78 is 16.0. The molecule has 2 rings (SSSR count). The molecule has 0 amide bonds. The van der Waals surface area contributed by atoms with Crippen LogP contribution in [0.4, 0.5) is 0 Å². The van der Waals surface area contributed by atoms with Gasteiger partial charge < -0.3 is 19.9 Å². The molecule has 1 atom stereocenters. The van der Waals surface area contributed by atoms with E-state index in [-0.39, 0.29) is 18.4 Å². The Labute approximate surface area is 128 Å². The van der Waals surface area contributed by atoms with E-state index in [1.165, 1.54) is 0 Å². The fourth-order valence-electron chi connectivity index (χ4n) is 1.93. The van der Waals surface area contributed by atoms with Gasteiger partial charge in [-0.3, -0.25) is 0 Å². The van der Waals surface area contributed by atoms with Crippen molar-refractivity contribution in [3.63, 3.8) is 0 Å². The molecule has 4 nitrogen and oxygen atoms in total. The normalized spacial score (nSPS) is 11.4. The molecule has 0 unspecified atom stereocenters. The zero-order chi connectivity index (χ0) is 13.8. The highest BCUT2D eigenvalue weighted by Gasteiger charge is 2.18. The maximum absolute atomic E-state index is 6.28. The number of rotatable bonds is 5. The van der Waals surface area contributed by atoms with E-state index in [4.69, 9.17) is 19.9 Å². The van der Waals surface area contributed by atoms with Gasteiger partial charge >= 0.3 is 0 Å². The molecule has 6 heteroatoms. The van der Waals surface area contributed by atoms with Crippen molar-refractivity contribution in [2.24, 2.45) is 5.73 Å². The van der Waals surface area contributed by atoms with Crippen molar-refractivity contribution in [2.45, 2.75) is 6.04 Å². The van der Waals surface area contributed by atoms with Crippen LogP contribution in [-0.4, -0.2) is 21.3 Å². The minimum atomic E-state index is -0.249. The van der Waals surface area contributed by atoms with Crippen LogP contribution in [0.1, 0.15) is 17.2 Å². The second kappa shape index (κ2) is 7.38. The van der Waals surface area contributed by atoms with E-state index in [2.05, 4.69) is 0 Å². The van der Waals surface area contributed by atoms with E-state index in [0.29, 0.717) is 17.2 Å². The van der Waals surface area contributed by atoms with Crippen LogP contribution >= 0.6 is 23.7 Å². The topological polar surface area (TPSA) is 53.7 Å². The third-order valence-electron chi connectivity index (χ3n) is 2.97. The number of halogens is 1. The number of thiophene rings is 1. The van der Waals surface area contributed by atoms with Gasteiger partial charge in [-0.1, -0.05) is 0 Å². The summed E-state index contributed by atoms with van der Waals surface area (Å²) in [6, 6.07) is 5.41. The van der Waals surface area contributed by atoms with Crippen LogP contribution in [0, 0.1) is 0 Å². The fourth-order valence-corrected chi connectivity index (χ4v) is 2.62. The molecule has 1 aromatic carbocycles. The third kappa shape index (κ3) is 3.17. The molecule has 1 aromatic heterocycles. The Kier molecular flexibility index (Phi) is 6.13. The number of nitrogens with two attached hydrogens (primary N) is 1. The van der Waals surface area contributed by atoms with Crippen LogP contribution in [-0.2, 0) is 0 Å². The minimum Gasteiger partial charge on any atom is -0.496 e. The Morgan fingerprint density at radius 3 is 2.10 bits per heavy atom. The zero-order valence-corrected chi connectivity index (χ0v) is 13.2. The summed E-state index contributed by atoms with van der Waals surface area (Å²) in [5, 5.41) is 4.03. The van der Waals surface area contributed by atoms with Crippen molar-refractivity contribution in [2.75, 3.05) is 21.3 Å². The lowest BCUT2D eigenvalue weighted by molar-refractivity contribution is 0.347. The molecule has 20 heavy (non-hydrogen) atoms. The van der Waals surface area contributed by atoms with Gasteiger partial charge in [0, 0.05) is 11.6 Å². The van der Waals surface area contributed by atoms with Gasteiger partial charge in [-0.25, -0.2) is 0 Å². The Balaban J connectivity index is 0.00000200. The first-order chi connectivity index (χ1) is 9.21. The van der Waals surface area contributed by atoms with E-state index >= 15 is 0 Å². The van der Waals surface area contributed by atoms with E-state index in [1.807, 2.05) is 22.9 Å². The summed E-state index contributed by atoms with van der Waals surface area (Å²) >= 11 is 1.62. The zero-order valence-electron chi connectivity index (χ0n) is 11.6. The third-order valence-corrected chi connectivity index (χ3v) is 3.67. The van der Waals surface area contributed by atoms with E-state index in [0.717, 1.165) is 11.1 Å². The van der Waals surface area contributed by atoms with Crippen molar-refractivity contribution in [1.82, 2.24) is 0 Å². The number of hydrogen-bond acceptors (Lipinski definition) is 5. The Morgan fingerprint density at radius 1 is 1.00 bits per heavy atom. The molecule has 0 aliphatic rings. The summed E-state index contributed by atoms with van der Waals surface area (Å²) in [5.74, 6) is 1.96. The monoisotopic (exact) mass is 315 g/mol. The van der Waals surface area contributed by atoms with Crippen LogP contribution in [0.25, 0.3) is 0 Å². The standard InChI is InChI=1S/C14H17NO3S.ClH/c1-16-11-7-13(18-3)12(17-2)6-10(11)14(15)9-4-5-19-8-9;/h4-8,14H,15H2,1-3H3;1H/t14-;/m1./s1. The summed E-state index contributed by atoms with van der Waals surface area (Å²) in [5.41, 5.74) is 8.21. The quantitative estimate of drug-likeness (QED) is 0.920. The van der Waals surface area contributed by atoms with Crippen molar-refractivity contribution >= 4 is 23.7 Å². The minimum absolute atomic E-state index is 0. The SMILES string of the molecule is COc1cc(OC)c([C@H](N)c2ccsc2)cc1OC.Cl. The van der Waals surface area contributed by atoms with Gasteiger partial charge in [0.2, 0.25) is 0 Å². The molecule has 0 saturated carbocycles. The highest BCUT2D eigenvalue weighted by atomic mass is 35.5. The molecule has 0 aliphatic heterocycles. The average Bonchev–Trinajstić information content (AvgIpc) is 2.99. The van der Waals surface area contributed by atoms with Crippen LogP contribution in [0.15, 0.2) is 29.0 Å². The Hall–Kier alpha value is -1.43. The summed E-state index contributed by atoms with van der Waals surface area (Å²) in [6.07, 6.45) is 0. The van der Waals surface area contributed by atoms with Crippen molar-refractivity contribution in [1.29, 1.82) is 0 Å². The molecule has 0 aliphatic carbocycles. The first-order valence-electron chi connectivity index (χ1n) is 5.78. The average molecular weight is 316 g/mol. The molecule has 0 bridgehead atoms. The van der Waals surface area contributed by atoms with Crippen LogP contribution in [0.2, 0.25) is 0 Å². The molecule has 2 N–H and O–H groups in total. The molecule has 0 radical (unpaired) electrons. The van der Waals surface area contributed by atoms with E-state index in [9.17, 15) is 0 Å². The highest BCUT2D eigenvalue weighted by Crippen LogP contribution is 2.38. The second-order valence-electron chi connectivity index (χ2n) is 3.98. The first-order valence-corrected chi connectivity index (χ1v) is 6.73. The van der Waals surface area contributed by atoms with Gasteiger partial charge in [-0.05, 0) is 28.5 Å². The van der Waals surface area contributed by atoms with E-state index < -0.39 is 0 Å². The number of ether oxygens (including phenoxy) is 3. The van der Waals surface area contributed by atoms with Gasteiger partial charge in [-0.15, -0.1) is 12.4 Å². The number of benzene rings is 1. The molecule has 2 aromatic rings. The molecule has 0 saturated heterocycles. The molecule has 0 spiro atoms. The van der Waals surface area contributed by atoms with Crippen LogP contribution in [0.3, 0.4) is 0 Å². The lowest BCUT2D eigenvalue weighted by Crippen LogP contribution is -2.12. The van der Waals surface area contributed by atoms with Gasteiger partial charge in [0.15, 0.2) is 11.5 Å². The number of hydrogen-bond donors (Lipinski definition) is 1. The maximum atomic E-state index is 6.28. The largest absolute Gasteiger partial charge is 0.496 e. The van der Waals surface area contributed by atoms with Crippen molar-refractivity contribution in [3.8, 4) is 17.2 Å². The van der Waals surface area contributed by atoms with E-state index in [1.54, 1.807) is 38.7 Å².